The second-order valence-electron chi connectivity index (χ2n) is 5.44. The average Bonchev–Trinajstić information content (AvgIpc) is 2.67. The topological polar surface area (TPSA) is 88.7 Å². The SMILES string of the molecule is CCOc1cccc(C(=O)NC(=S)NNC(=O)Cc2ccc(OC)cc2)c1. The number of amides is 2. The van der Waals surface area contributed by atoms with Gasteiger partial charge in [-0.15, -0.1) is 0 Å². The van der Waals surface area contributed by atoms with Gasteiger partial charge in [0, 0.05) is 5.56 Å². The fourth-order valence-corrected chi connectivity index (χ4v) is 2.34. The van der Waals surface area contributed by atoms with Crippen LogP contribution in [0, 0.1) is 0 Å². The molecule has 7 nitrogen and oxygen atoms in total. The number of carbonyl (C=O) groups excluding carboxylic acids is 2. The summed E-state index contributed by atoms with van der Waals surface area (Å²) in [4.78, 5) is 24.1. The van der Waals surface area contributed by atoms with Gasteiger partial charge in [-0.05, 0) is 55.0 Å². The minimum Gasteiger partial charge on any atom is -0.497 e. The predicted molar refractivity (Wildman–Crippen MR) is 106 cm³/mol. The predicted octanol–water partition coefficient (Wildman–Crippen LogP) is 1.97. The quantitative estimate of drug-likeness (QED) is 0.519. The highest BCUT2D eigenvalue weighted by Crippen LogP contribution is 2.13. The molecule has 27 heavy (non-hydrogen) atoms. The molecule has 0 spiro atoms. The molecule has 8 heteroatoms. The van der Waals surface area contributed by atoms with Crippen molar-refractivity contribution < 1.29 is 19.1 Å². The lowest BCUT2D eigenvalue weighted by Crippen LogP contribution is -2.48. The second-order valence-corrected chi connectivity index (χ2v) is 5.85. The molecule has 0 radical (unpaired) electrons. The van der Waals surface area contributed by atoms with Crippen LogP contribution < -0.4 is 25.6 Å². The maximum absolute atomic E-state index is 12.2. The van der Waals surface area contributed by atoms with Gasteiger partial charge in [0.2, 0.25) is 5.91 Å². The van der Waals surface area contributed by atoms with Crippen molar-refractivity contribution in [1.29, 1.82) is 0 Å². The van der Waals surface area contributed by atoms with E-state index in [1.165, 1.54) is 0 Å². The lowest BCUT2D eigenvalue weighted by Gasteiger charge is -2.11. The first-order chi connectivity index (χ1) is 13.0. The lowest BCUT2D eigenvalue weighted by molar-refractivity contribution is -0.121. The summed E-state index contributed by atoms with van der Waals surface area (Å²) in [5.74, 6) is 0.611. The molecule has 0 atom stereocenters. The normalized spacial score (nSPS) is 9.85. The van der Waals surface area contributed by atoms with Crippen molar-refractivity contribution in [2.24, 2.45) is 0 Å². The molecule has 2 rings (SSSR count). The average molecular weight is 387 g/mol. The van der Waals surface area contributed by atoms with E-state index < -0.39 is 5.91 Å². The molecule has 3 N–H and O–H groups in total. The van der Waals surface area contributed by atoms with Crippen LogP contribution >= 0.6 is 12.2 Å². The van der Waals surface area contributed by atoms with E-state index in [1.807, 2.05) is 6.92 Å². The van der Waals surface area contributed by atoms with Crippen LogP contribution in [0.4, 0.5) is 0 Å². The summed E-state index contributed by atoms with van der Waals surface area (Å²) < 4.78 is 10.4. The Morgan fingerprint density at radius 1 is 1.04 bits per heavy atom. The van der Waals surface area contributed by atoms with Crippen molar-refractivity contribution >= 4 is 29.1 Å². The molecule has 0 aliphatic rings. The molecule has 2 aromatic carbocycles. The van der Waals surface area contributed by atoms with Crippen molar-refractivity contribution in [1.82, 2.24) is 16.2 Å². The maximum Gasteiger partial charge on any atom is 0.257 e. The first-order valence-electron chi connectivity index (χ1n) is 8.27. The number of hydrazine groups is 1. The lowest BCUT2D eigenvalue weighted by atomic mass is 10.1. The molecule has 0 saturated heterocycles. The van der Waals surface area contributed by atoms with Crippen LogP contribution in [0.25, 0.3) is 0 Å². The number of ether oxygens (including phenoxy) is 2. The van der Waals surface area contributed by atoms with Gasteiger partial charge in [0.05, 0.1) is 20.1 Å². The van der Waals surface area contributed by atoms with Crippen LogP contribution in [0.15, 0.2) is 48.5 Å². The number of rotatable bonds is 6. The standard InChI is InChI=1S/C19H21N3O4S/c1-3-26-16-6-4-5-14(12-16)18(24)20-19(27)22-21-17(23)11-13-7-9-15(25-2)10-8-13/h4-10,12H,3,11H2,1-2H3,(H,21,23)(H2,20,22,24,27). The Morgan fingerprint density at radius 3 is 2.44 bits per heavy atom. The minimum atomic E-state index is -0.404. The minimum absolute atomic E-state index is 0.00936. The van der Waals surface area contributed by atoms with Gasteiger partial charge >= 0.3 is 0 Å². The molecular formula is C19H21N3O4S. The number of thiocarbonyl (C=S) groups is 1. The molecule has 0 aliphatic carbocycles. The van der Waals surface area contributed by atoms with E-state index in [9.17, 15) is 9.59 Å². The first-order valence-corrected chi connectivity index (χ1v) is 8.68. The zero-order chi connectivity index (χ0) is 19.6. The number of nitrogens with one attached hydrogen (secondary N) is 3. The molecule has 2 aromatic rings. The molecule has 0 heterocycles. The Hall–Kier alpha value is -3.13. The van der Waals surface area contributed by atoms with Crippen LogP contribution in [0.2, 0.25) is 0 Å². The highest BCUT2D eigenvalue weighted by molar-refractivity contribution is 7.80. The Morgan fingerprint density at radius 2 is 1.78 bits per heavy atom. The third kappa shape index (κ3) is 6.59. The van der Waals surface area contributed by atoms with Gasteiger partial charge in [0.1, 0.15) is 11.5 Å². The van der Waals surface area contributed by atoms with Gasteiger partial charge in [0.15, 0.2) is 5.11 Å². The summed E-state index contributed by atoms with van der Waals surface area (Å²) in [5, 5.41) is 2.49. The Labute approximate surface area is 163 Å². The third-order valence-corrected chi connectivity index (χ3v) is 3.68. The van der Waals surface area contributed by atoms with Gasteiger partial charge in [-0.2, -0.15) is 0 Å². The van der Waals surface area contributed by atoms with E-state index in [0.29, 0.717) is 17.9 Å². The van der Waals surface area contributed by atoms with Crippen LogP contribution in [0.3, 0.4) is 0 Å². The molecular weight excluding hydrogens is 366 g/mol. The second kappa shape index (κ2) is 10.1. The van der Waals surface area contributed by atoms with Gasteiger partial charge in [-0.1, -0.05) is 18.2 Å². The summed E-state index contributed by atoms with van der Waals surface area (Å²) in [6.07, 6.45) is 0.157. The summed E-state index contributed by atoms with van der Waals surface area (Å²) in [7, 11) is 1.58. The zero-order valence-electron chi connectivity index (χ0n) is 15.1. The van der Waals surface area contributed by atoms with E-state index >= 15 is 0 Å². The molecule has 0 aromatic heterocycles. The Kier molecular flexibility index (Phi) is 7.57. The van der Waals surface area contributed by atoms with E-state index in [1.54, 1.807) is 55.6 Å². The third-order valence-electron chi connectivity index (χ3n) is 3.47. The van der Waals surface area contributed by atoms with Crippen LogP contribution in [0.5, 0.6) is 11.5 Å². The summed E-state index contributed by atoms with van der Waals surface area (Å²) in [6.45, 7) is 2.37. The molecule has 0 unspecified atom stereocenters. The number of hydrogen-bond donors (Lipinski definition) is 3. The van der Waals surface area contributed by atoms with Gasteiger partial charge < -0.3 is 9.47 Å². The monoisotopic (exact) mass is 387 g/mol. The molecule has 0 fully saturated rings. The molecule has 142 valence electrons. The first kappa shape index (κ1) is 20.2. The van der Waals surface area contributed by atoms with Crippen LogP contribution in [0.1, 0.15) is 22.8 Å². The fraction of sp³-hybridized carbons (Fsp3) is 0.211. The number of benzene rings is 2. The van der Waals surface area contributed by atoms with Gasteiger partial charge in [0.25, 0.3) is 5.91 Å². The Balaban J connectivity index is 1.80. The number of methoxy groups -OCH3 is 1. The maximum atomic E-state index is 12.2. The van der Waals surface area contributed by atoms with Gasteiger partial charge in [-0.25, -0.2) is 0 Å². The summed E-state index contributed by atoms with van der Waals surface area (Å²) >= 11 is 5.02. The molecule has 0 saturated carbocycles. The Bertz CT molecular complexity index is 809. The van der Waals surface area contributed by atoms with Crippen molar-refractivity contribution in [3.63, 3.8) is 0 Å². The molecule has 0 aliphatic heterocycles. The number of carbonyl (C=O) groups is 2. The highest BCUT2D eigenvalue weighted by atomic mass is 32.1. The van der Waals surface area contributed by atoms with Gasteiger partial charge in [-0.3, -0.25) is 25.8 Å². The number of hydrogen-bond acceptors (Lipinski definition) is 5. The fourth-order valence-electron chi connectivity index (χ4n) is 2.20. The molecule has 0 bridgehead atoms. The van der Waals surface area contributed by atoms with Crippen molar-refractivity contribution in [3.8, 4) is 11.5 Å². The van der Waals surface area contributed by atoms with Crippen molar-refractivity contribution in [3.05, 3.63) is 59.7 Å². The highest BCUT2D eigenvalue weighted by Gasteiger charge is 2.10. The smallest absolute Gasteiger partial charge is 0.257 e. The van der Waals surface area contributed by atoms with E-state index in [4.69, 9.17) is 21.7 Å². The molecule has 2 amide bonds. The van der Waals surface area contributed by atoms with Crippen LogP contribution in [-0.2, 0) is 11.2 Å². The van der Waals surface area contributed by atoms with E-state index in [-0.39, 0.29) is 17.4 Å². The van der Waals surface area contributed by atoms with Crippen molar-refractivity contribution in [2.45, 2.75) is 13.3 Å². The van der Waals surface area contributed by atoms with E-state index in [0.717, 1.165) is 11.3 Å². The van der Waals surface area contributed by atoms with Crippen LogP contribution in [-0.4, -0.2) is 30.6 Å². The van der Waals surface area contributed by atoms with E-state index in [2.05, 4.69) is 16.2 Å². The zero-order valence-corrected chi connectivity index (χ0v) is 15.9. The summed E-state index contributed by atoms with van der Waals surface area (Å²) in [5.41, 5.74) is 6.17. The van der Waals surface area contributed by atoms with Crippen molar-refractivity contribution in [2.75, 3.05) is 13.7 Å². The summed E-state index contributed by atoms with van der Waals surface area (Å²) in [6, 6.07) is 13.9. The largest absolute Gasteiger partial charge is 0.497 e.